The Hall–Kier alpha value is -1.87. The minimum atomic E-state index is 0.0997. The molecule has 0 saturated heterocycles. The normalized spacial score (nSPS) is 17.1. The van der Waals surface area contributed by atoms with Crippen LogP contribution in [0.3, 0.4) is 0 Å². The molecule has 0 spiro atoms. The molecule has 1 aromatic carbocycles. The molecule has 0 radical (unpaired) electrons. The van der Waals surface area contributed by atoms with Crippen LogP contribution in [0, 0.1) is 13.8 Å². The lowest BCUT2D eigenvalue weighted by Crippen LogP contribution is -2.24. The largest absolute Gasteiger partial charge is 0.488 e. The number of ether oxygens (including phenoxy) is 1. The number of hydrogen-bond donors (Lipinski definition) is 1. The molecule has 0 aliphatic carbocycles. The summed E-state index contributed by atoms with van der Waals surface area (Å²) in [5.41, 5.74) is 11.2. The number of pyridine rings is 1. The van der Waals surface area contributed by atoms with Gasteiger partial charge in [0.2, 0.25) is 0 Å². The first kappa shape index (κ1) is 12.2. The number of rotatable bonds is 2. The molecule has 1 aliphatic rings. The van der Waals surface area contributed by atoms with Crippen molar-refractivity contribution in [2.24, 2.45) is 5.73 Å². The van der Waals surface area contributed by atoms with Crippen molar-refractivity contribution in [3.05, 3.63) is 47.2 Å². The zero-order chi connectivity index (χ0) is 13.4. The molecule has 0 bridgehead atoms. The highest BCUT2D eigenvalue weighted by molar-refractivity contribution is 5.70. The summed E-state index contributed by atoms with van der Waals surface area (Å²) in [6.45, 7) is 4.66. The Balaban J connectivity index is 2.07. The summed E-state index contributed by atoms with van der Waals surface area (Å²) < 4.78 is 5.95. The molecule has 19 heavy (non-hydrogen) atoms. The van der Waals surface area contributed by atoms with Crippen molar-refractivity contribution in [2.45, 2.75) is 26.4 Å². The van der Waals surface area contributed by atoms with E-state index in [1.807, 2.05) is 6.92 Å². The van der Waals surface area contributed by atoms with Gasteiger partial charge in [-0.25, -0.2) is 0 Å². The van der Waals surface area contributed by atoms with E-state index in [1.165, 1.54) is 11.1 Å². The summed E-state index contributed by atoms with van der Waals surface area (Å²) in [4.78, 5) is 4.66. The average molecular weight is 254 g/mol. The van der Waals surface area contributed by atoms with Crippen LogP contribution in [-0.4, -0.2) is 17.6 Å². The molecule has 0 amide bonds. The minimum Gasteiger partial charge on any atom is -0.488 e. The highest BCUT2D eigenvalue weighted by Gasteiger charge is 2.24. The van der Waals surface area contributed by atoms with Crippen molar-refractivity contribution in [1.82, 2.24) is 4.98 Å². The van der Waals surface area contributed by atoms with Crippen LogP contribution in [0.2, 0.25) is 0 Å². The topological polar surface area (TPSA) is 48.1 Å². The summed E-state index contributed by atoms with van der Waals surface area (Å²) in [6.07, 6.45) is 0.993. The van der Waals surface area contributed by atoms with Crippen molar-refractivity contribution in [3.8, 4) is 17.0 Å². The van der Waals surface area contributed by atoms with Gasteiger partial charge >= 0.3 is 0 Å². The fourth-order valence-corrected chi connectivity index (χ4v) is 2.45. The molecule has 0 fully saturated rings. The number of para-hydroxylation sites is 1. The van der Waals surface area contributed by atoms with E-state index in [2.05, 4.69) is 42.2 Å². The fraction of sp³-hybridized carbons (Fsp3) is 0.312. The highest BCUT2D eigenvalue weighted by atomic mass is 16.5. The maximum absolute atomic E-state index is 5.95. The number of benzene rings is 1. The molecule has 1 unspecified atom stereocenters. The monoisotopic (exact) mass is 254 g/mol. The van der Waals surface area contributed by atoms with Gasteiger partial charge < -0.3 is 10.5 Å². The number of fused-ring (bicyclic) bond motifs is 1. The van der Waals surface area contributed by atoms with Gasteiger partial charge in [0.15, 0.2) is 0 Å². The third-order valence-corrected chi connectivity index (χ3v) is 3.72. The van der Waals surface area contributed by atoms with Crippen molar-refractivity contribution in [2.75, 3.05) is 6.54 Å². The number of nitrogens with two attached hydrogens (primary N) is 1. The number of aromatic nitrogens is 1. The van der Waals surface area contributed by atoms with Gasteiger partial charge in [0.1, 0.15) is 11.9 Å². The van der Waals surface area contributed by atoms with Crippen LogP contribution in [0.5, 0.6) is 5.75 Å². The molecule has 1 aliphatic heterocycles. The van der Waals surface area contributed by atoms with E-state index in [1.54, 1.807) is 0 Å². The first-order chi connectivity index (χ1) is 9.19. The summed E-state index contributed by atoms with van der Waals surface area (Å²) in [6, 6.07) is 10.4. The third kappa shape index (κ3) is 2.10. The zero-order valence-corrected chi connectivity index (χ0v) is 11.3. The highest BCUT2D eigenvalue weighted by Crippen LogP contribution is 2.38. The summed E-state index contributed by atoms with van der Waals surface area (Å²) >= 11 is 0. The Morgan fingerprint density at radius 3 is 2.84 bits per heavy atom. The maximum Gasteiger partial charge on any atom is 0.132 e. The first-order valence-electron chi connectivity index (χ1n) is 6.62. The van der Waals surface area contributed by atoms with Crippen LogP contribution >= 0.6 is 0 Å². The minimum absolute atomic E-state index is 0.0997. The van der Waals surface area contributed by atoms with E-state index in [-0.39, 0.29) is 6.10 Å². The predicted molar refractivity (Wildman–Crippen MR) is 76.3 cm³/mol. The van der Waals surface area contributed by atoms with Crippen molar-refractivity contribution >= 4 is 0 Å². The van der Waals surface area contributed by atoms with Gasteiger partial charge in [0, 0.05) is 24.2 Å². The maximum atomic E-state index is 5.95. The van der Waals surface area contributed by atoms with Crippen LogP contribution in [0.4, 0.5) is 0 Å². The van der Waals surface area contributed by atoms with E-state index >= 15 is 0 Å². The van der Waals surface area contributed by atoms with E-state index in [9.17, 15) is 0 Å². The predicted octanol–water partition coefficient (Wildman–Crippen LogP) is 2.63. The van der Waals surface area contributed by atoms with Crippen molar-refractivity contribution < 1.29 is 4.74 Å². The Kier molecular flexibility index (Phi) is 2.99. The SMILES string of the molecule is Cc1ccc(-c2cccc3c2OC(CN)C3)nc1C. The molecule has 2 heterocycles. The second-order valence-corrected chi connectivity index (χ2v) is 5.07. The van der Waals surface area contributed by atoms with Crippen molar-refractivity contribution in [1.29, 1.82) is 0 Å². The van der Waals surface area contributed by atoms with Crippen LogP contribution < -0.4 is 10.5 Å². The Bertz CT molecular complexity index is 622. The molecular formula is C16H18N2O. The Labute approximate surface area is 113 Å². The van der Waals surface area contributed by atoms with Gasteiger partial charge in [0.25, 0.3) is 0 Å². The lowest BCUT2D eigenvalue weighted by Gasteiger charge is -2.11. The van der Waals surface area contributed by atoms with Gasteiger partial charge in [-0.3, -0.25) is 4.98 Å². The molecule has 3 heteroatoms. The lowest BCUT2D eigenvalue weighted by atomic mass is 10.0. The molecule has 1 atom stereocenters. The second-order valence-electron chi connectivity index (χ2n) is 5.07. The summed E-state index contributed by atoms with van der Waals surface area (Å²) in [5, 5.41) is 0. The van der Waals surface area contributed by atoms with E-state index in [4.69, 9.17) is 10.5 Å². The van der Waals surface area contributed by atoms with Gasteiger partial charge in [-0.15, -0.1) is 0 Å². The van der Waals surface area contributed by atoms with Gasteiger partial charge in [-0.2, -0.15) is 0 Å². The first-order valence-corrected chi connectivity index (χ1v) is 6.62. The molecule has 1 aromatic heterocycles. The summed E-state index contributed by atoms with van der Waals surface area (Å²) in [5.74, 6) is 0.953. The third-order valence-electron chi connectivity index (χ3n) is 3.72. The van der Waals surface area contributed by atoms with Crippen LogP contribution in [0.1, 0.15) is 16.8 Å². The van der Waals surface area contributed by atoms with E-state index < -0.39 is 0 Å². The van der Waals surface area contributed by atoms with Crippen molar-refractivity contribution in [3.63, 3.8) is 0 Å². The van der Waals surface area contributed by atoms with Crippen LogP contribution in [0.15, 0.2) is 30.3 Å². The molecule has 2 N–H and O–H groups in total. The Morgan fingerprint density at radius 1 is 1.26 bits per heavy atom. The van der Waals surface area contributed by atoms with Gasteiger partial charge in [0.05, 0.1) is 5.69 Å². The zero-order valence-electron chi connectivity index (χ0n) is 11.3. The summed E-state index contributed by atoms with van der Waals surface area (Å²) in [7, 11) is 0. The number of nitrogens with zero attached hydrogens (tertiary/aromatic N) is 1. The average Bonchev–Trinajstić information content (AvgIpc) is 2.85. The molecule has 3 rings (SSSR count). The number of aryl methyl sites for hydroxylation is 2. The molecule has 3 nitrogen and oxygen atoms in total. The van der Waals surface area contributed by atoms with E-state index in [0.717, 1.165) is 29.1 Å². The quantitative estimate of drug-likeness (QED) is 0.896. The molecule has 2 aromatic rings. The van der Waals surface area contributed by atoms with Crippen LogP contribution in [0.25, 0.3) is 11.3 Å². The molecular weight excluding hydrogens is 236 g/mol. The lowest BCUT2D eigenvalue weighted by molar-refractivity contribution is 0.242. The molecule has 0 saturated carbocycles. The fourth-order valence-electron chi connectivity index (χ4n) is 2.45. The van der Waals surface area contributed by atoms with Gasteiger partial charge in [-0.1, -0.05) is 18.2 Å². The Morgan fingerprint density at radius 2 is 2.11 bits per heavy atom. The second kappa shape index (κ2) is 4.67. The standard InChI is InChI=1S/C16H18N2O/c1-10-6-7-15(18-11(10)2)14-5-3-4-12-8-13(9-17)19-16(12)14/h3-7,13H,8-9,17H2,1-2H3. The number of hydrogen-bond acceptors (Lipinski definition) is 3. The van der Waals surface area contributed by atoms with Crippen LogP contribution in [-0.2, 0) is 6.42 Å². The smallest absolute Gasteiger partial charge is 0.132 e. The molecule has 98 valence electrons. The van der Waals surface area contributed by atoms with E-state index in [0.29, 0.717) is 6.54 Å². The van der Waals surface area contributed by atoms with Gasteiger partial charge in [-0.05, 0) is 37.1 Å².